The van der Waals surface area contributed by atoms with Crippen molar-refractivity contribution in [3.05, 3.63) is 209 Å². The van der Waals surface area contributed by atoms with Crippen molar-refractivity contribution in [3.8, 4) is 56.2 Å². The van der Waals surface area contributed by atoms with E-state index in [1.807, 2.05) is 6.07 Å². The predicted molar refractivity (Wildman–Crippen MR) is 244 cm³/mol. The van der Waals surface area contributed by atoms with E-state index in [1.165, 1.54) is 72.3 Å². The van der Waals surface area contributed by atoms with Gasteiger partial charge < -0.3 is 0 Å². The lowest BCUT2D eigenvalue weighted by Crippen LogP contribution is -2.15. The van der Waals surface area contributed by atoms with E-state index in [0.717, 1.165) is 54.3 Å². The van der Waals surface area contributed by atoms with Crippen molar-refractivity contribution in [3.63, 3.8) is 0 Å². The topological polar surface area (TPSA) is 38.7 Å². The fraction of sp³-hybridized carbons (Fsp3) is 0.196. The van der Waals surface area contributed by atoms with Crippen molar-refractivity contribution in [1.29, 1.82) is 0 Å². The second kappa shape index (κ2) is 15.1. The number of aryl methyl sites for hydroxylation is 2. The van der Waals surface area contributed by atoms with Crippen LogP contribution in [0.15, 0.2) is 164 Å². The highest BCUT2D eigenvalue weighted by molar-refractivity contribution is 5.86. The summed E-state index contributed by atoms with van der Waals surface area (Å²) >= 11 is 0. The van der Waals surface area contributed by atoms with E-state index >= 15 is 0 Å². The van der Waals surface area contributed by atoms with Gasteiger partial charge in [-0.3, -0.25) is 0 Å². The first-order chi connectivity index (χ1) is 28.9. The van der Waals surface area contributed by atoms with Gasteiger partial charge in [0.2, 0.25) is 0 Å². The van der Waals surface area contributed by atoms with Crippen LogP contribution in [0.2, 0.25) is 0 Å². The van der Waals surface area contributed by atoms with E-state index in [-0.39, 0.29) is 11.3 Å². The lowest BCUT2D eigenvalue weighted by atomic mass is 9.77. The number of hydrogen-bond donors (Lipinski definition) is 0. The van der Waals surface area contributed by atoms with Gasteiger partial charge in [0.05, 0.1) is 0 Å². The number of aromatic nitrogens is 3. The molecule has 288 valence electrons. The van der Waals surface area contributed by atoms with Crippen LogP contribution in [0.25, 0.3) is 56.2 Å². The van der Waals surface area contributed by atoms with Gasteiger partial charge in [0.25, 0.3) is 0 Å². The van der Waals surface area contributed by atoms with E-state index in [4.69, 9.17) is 15.0 Å². The number of hydrogen-bond acceptors (Lipinski definition) is 3. The molecular weight excluding hydrogens is 715 g/mol. The van der Waals surface area contributed by atoms with Crippen molar-refractivity contribution >= 4 is 0 Å². The molecule has 3 heteroatoms. The van der Waals surface area contributed by atoms with Gasteiger partial charge in [-0.2, -0.15) is 0 Å². The highest BCUT2D eigenvalue weighted by atomic mass is 15.0. The molecule has 0 aliphatic heterocycles. The third-order valence-electron chi connectivity index (χ3n) is 13.1. The van der Waals surface area contributed by atoms with Gasteiger partial charge in [0.1, 0.15) is 5.82 Å². The Kier molecular flexibility index (Phi) is 9.40. The molecule has 3 nitrogen and oxygen atoms in total. The fourth-order valence-corrected chi connectivity index (χ4v) is 10.1. The Balaban J connectivity index is 0.966. The van der Waals surface area contributed by atoms with Crippen LogP contribution in [-0.2, 0) is 18.3 Å². The van der Waals surface area contributed by atoms with Gasteiger partial charge in [-0.15, -0.1) is 0 Å². The largest absolute Gasteiger partial charge is 0.213 e. The van der Waals surface area contributed by atoms with E-state index in [9.17, 15) is 0 Å². The molecule has 1 heterocycles. The monoisotopic (exact) mass is 763 g/mol. The summed E-state index contributed by atoms with van der Waals surface area (Å²) in [5.41, 5.74) is 19.7. The molecule has 10 rings (SSSR count). The second-order valence-electron chi connectivity index (χ2n) is 17.0. The molecular formula is C56H49N3. The molecule has 2 unspecified atom stereocenters. The maximum absolute atomic E-state index is 5.16. The molecule has 8 aromatic rings. The third kappa shape index (κ3) is 6.59. The molecule has 0 radical (unpaired) electrons. The van der Waals surface area contributed by atoms with Gasteiger partial charge in [-0.1, -0.05) is 178 Å². The molecule has 0 saturated carbocycles. The van der Waals surface area contributed by atoms with E-state index in [2.05, 4.69) is 185 Å². The van der Waals surface area contributed by atoms with Gasteiger partial charge >= 0.3 is 0 Å². The van der Waals surface area contributed by atoms with Crippen LogP contribution in [0.3, 0.4) is 0 Å². The first-order valence-corrected chi connectivity index (χ1v) is 21.3. The molecule has 2 atom stereocenters. The Morgan fingerprint density at radius 3 is 1.95 bits per heavy atom. The molecule has 0 spiro atoms. The maximum Gasteiger partial charge on any atom is 0.163 e. The summed E-state index contributed by atoms with van der Waals surface area (Å²) in [5, 5.41) is 0. The Morgan fingerprint density at radius 2 is 1.19 bits per heavy atom. The van der Waals surface area contributed by atoms with Crippen molar-refractivity contribution in [1.82, 2.24) is 15.0 Å². The SMILES string of the molecule is CCC(c1ccc(-c2nc(CCC3Cc4ccccc4-c4ccccc43)nc(-c3ccccc3)n2)cc1)c1ccccc1-c1cc2c(cc1C)-c1ccccc1C2(C)C. The predicted octanol–water partition coefficient (Wildman–Crippen LogP) is 14.0. The van der Waals surface area contributed by atoms with Crippen molar-refractivity contribution in [2.75, 3.05) is 0 Å². The highest BCUT2D eigenvalue weighted by Crippen LogP contribution is 2.51. The minimum Gasteiger partial charge on any atom is -0.213 e. The van der Waals surface area contributed by atoms with E-state index < -0.39 is 0 Å². The minimum absolute atomic E-state index is 0.0495. The molecule has 0 amide bonds. The number of benzene rings is 7. The maximum atomic E-state index is 5.16. The minimum atomic E-state index is -0.0495. The molecule has 0 saturated heterocycles. The smallest absolute Gasteiger partial charge is 0.163 e. The van der Waals surface area contributed by atoms with Crippen LogP contribution in [0.5, 0.6) is 0 Å². The van der Waals surface area contributed by atoms with Gasteiger partial charge in [0.15, 0.2) is 11.6 Å². The molecule has 0 N–H and O–H groups in total. The quantitative estimate of drug-likeness (QED) is 0.147. The lowest BCUT2D eigenvalue weighted by Gasteiger charge is -2.27. The van der Waals surface area contributed by atoms with Crippen LogP contribution in [-0.4, -0.2) is 15.0 Å². The van der Waals surface area contributed by atoms with Crippen LogP contribution in [0.1, 0.15) is 90.2 Å². The van der Waals surface area contributed by atoms with Gasteiger partial charge in [-0.25, -0.2) is 15.0 Å². The molecule has 7 aromatic carbocycles. The molecule has 2 aliphatic rings. The van der Waals surface area contributed by atoms with Crippen LogP contribution >= 0.6 is 0 Å². The highest BCUT2D eigenvalue weighted by Gasteiger charge is 2.36. The Bertz CT molecular complexity index is 2830. The summed E-state index contributed by atoms with van der Waals surface area (Å²) < 4.78 is 0. The molecule has 0 bridgehead atoms. The molecule has 2 aliphatic carbocycles. The summed E-state index contributed by atoms with van der Waals surface area (Å²) in [6.45, 7) is 9.31. The zero-order chi connectivity index (χ0) is 40.1. The average Bonchev–Trinajstić information content (AvgIpc) is 3.50. The first kappa shape index (κ1) is 36.9. The first-order valence-electron chi connectivity index (χ1n) is 21.3. The van der Waals surface area contributed by atoms with Crippen LogP contribution in [0.4, 0.5) is 0 Å². The lowest BCUT2D eigenvalue weighted by molar-refractivity contribution is 0.602. The van der Waals surface area contributed by atoms with E-state index in [1.54, 1.807) is 0 Å². The number of nitrogens with zero attached hydrogens (tertiary/aromatic N) is 3. The number of fused-ring (bicyclic) bond motifs is 6. The van der Waals surface area contributed by atoms with Gasteiger partial charge in [-0.05, 0) is 110 Å². The summed E-state index contributed by atoms with van der Waals surface area (Å²) in [6, 6.07) is 59.9. The summed E-state index contributed by atoms with van der Waals surface area (Å²) in [7, 11) is 0. The zero-order valence-electron chi connectivity index (χ0n) is 34.4. The average molecular weight is 764 g/mol. The standard InChI is InChI=1S/C56H49N3/c1-5-42(45-22-13-14-24-47(45)49-35-52-50(33-36(49)2)48-25-15-16-26-51(48)56(52,3)4)37-27-29-39(30-28-37)55-58-53(57-54(59-55)38-17-7-6-8-18-38)32-31-41-34-40-19-9-10-20-43(40)46-23-12-11-21-44(41)46/h6-30,33,35,41-42H,5,31-32,34H2,1-4H3. The summed E-state index contributed by atoms with van der Waals surface area (Å²) in [5.74, 6) is 2.92. The second-order valence-corrected chi connectivity index (χ2v) is 17.0. The van der Waals surface area contributed by atoms with E-state index in [0.29, 0.717) is 5.92 Å². The normalized spacial score (nSPS) is 15.2. The summed E-state index contributed by atoms with van der Waals surface area (Å²) in [6.07, 6.45) is 3.75. The Labute approximate surface area is 348 Å². The summed E-state index contributed by atoms with van der Waals surface area (Å²) in [4.78, 5) is 15.3. The molecule has 1 aromatic heterocycles. The van der Waals surface area contributed by atoms with Crippen molar-refractivity contribution in [2.24, 2.45) is 0 Å². The molecule has 0 fully saturated rings. The Hall–Kier alpha value is -6.45. The third-order valence-corrected chi connectivity index (χ3v) is 13.1. The van der Waals surface area contributed by atoms with Crippen LogP contribution < -0.4 is 0 Å². The molecule has 59 heavy (non-hydrogen) atoms. The van der Waals surface area contributed by atoms with Crippen LogP contribution in [0, 0.1) is 6.92 Å². The van der Waals surface area contributed by atoms with Gasteiger partial charge in [0, 0.05) is 28.9 Å². The zero-order valence-corrected chi connectivity index (χ0v) is 34.4. The Morgan fingerprint density at radius 1 is 0.559 bits per heavy atom. The van der Waals surface area contributed by atoms with Crippen molar-refractivity contribution < 1.29 is 0 Å². The fourth-order valence-electron chi connectivity index (χ4n) is 10.1. The number of rotatable bonds is 9. The van der Waals surface area contributed by atoms with Crippen molar-refractivity contribution in [2.45, 2.75) is 70.6 Å².